The molecule has 0 saturated carbocycles. The Morgan fingerprint density at radius 3 is 2.42 bits per heavy atom. The Kier molecular flexibility index (Phi) is 9.73. The van der Waals surface area contributed by atoms with Gasteiger partial charge in [-0.15, -0.1) is 0 Å². The lowest BCUT2D eigenvalue weighted by atomic mass is 9.84. The summed E-state index contributed by atoms with van der Waals surface area (Å²) in [6.45, 7) is 11.9. The third kappa shape index (κ3) is 8.25. The average Bonchev–Trinajstić information content (AvgIpc) is 3.53. The van der Waals surface area contributed by atoms with Crippen molar-refractivity contribution in [2.24, 2.45) is 5.41 Å². The molecule has 0 spiro atoms. The number of benzene rings is 1. The number of carbonyl (C=O) groups is 2. The second-order valence-electron chi connectivity index (χ2n) is 13.3. The van der Waals surface area contributed by atoms with Gasteiger partial charge in [0.1, 0.15) is 12.1 Å². The average molecular weight is 630 g/mol. The van der Waals surface area contributed by atoms with Crippen LogP contribution in [0.15, 0.2) is 42.6 Å². The van der Waals surface area contributed by atoms with Gasteiger partial charge in [0.25, 0.3) is 0 Å². The number of esters is 1. The molecule has 0 saturated heterocycles. The molecule has 8 nitrogen and oxygen atoms in total. The fourth-order valence-electron chi connectivity index (χ4n) is 5.56. The Hall–Kier alpha value is -3.86. The smallest absolute Gasteiger partial charge is 0.410 e. The van der Waals surface area contributed by atoms with Gasteiger partial charge in [-0.3, -0.25) is 9.78 Å². The molecule has 2 aromatic heterocycles. The summed E-state index contributed by atoms with van der Waals surface area (Å²) < 4.78 is 60.5. The lowest BCUT2D eigenvalue weighted by Crippen LogP contribution is -2.35. The fraction of sp³-hybridized carbons (Fsp3) is 0.500. The van der Waals surface area contributed by atoms with Crippen molar-refractivity contribution in [2.75, 3.05) is 26.8 Å². The molecule has 1 amide bonds. The van der Waals surface area contributed by atoms with Crippen molar-refractivity contribution in [1.82, 2.24) is 14.5 Å². The number of ether oxygens (including phenoxy) is 3. The molecule has 4 rings (SSSR count). The van der Waals surface area contributed by atoms with E-state index >= 15 is 0 Å². The Bertz CT molecular complexity index is 1600. The number of fused-ring (bicyclic) bond motifs is 1. The monoisotopic (exact) mass is 629 g/mol. The maximum atomic E-state index is 14.2. The van der Waals surface area contributed by atoms with Crippen LogP contribution < -0.4 is 0 Å². The van der Waals surface area contributed by atoms with Gasteiger partial charge in [0.2, 0.25) is 0 Å². The minimum atomic E-state index is -4.51. The fourth-order valence-corrected chi connectivity index (χ4v) is 5.56. The van der Waals surface area contributed by atoms with E-state index in [-0.39, 0.29) is 6.61 Å². The lowest BCUT2D eigenvalue weighted by molar-refractivity contribution is -0.144. The van der Waals surface area contributed by atoms with Crippen LogP contribution in [-0.4, -0.2) is 65.1 Å². The van der Waals surface area contributed by atoms with Crippen LogP contribution in [0.5, 0.6) is 0 Å². The predicted octanol–water partition coefficient (Wildman–Crippen LogP) is 7.74. The third-order valence-electron chi connectivity index (χ3n) is 7.60. The van der Waals surface area contributed by atoms with Gasteiger partial charge >= 0.3 is 18.2 Å². The normalized spacial score (nSPS) is 14.9. The number of nitrogens with zero attached hydrogens (tertiary/aromatic N) is 3. The number of amides is 1. The van der Waals surface area contributed by atoms with Crippen molar-refractivity contribution in [3.05, 3.63) is 59.4 Å². The minimum absolute atomic E-state index is 0.0811. The summed E-state index contributed by atoms with van der Waals surface area (Å²) in [5, 5.41) is 0.638. The molecule has 3 aromatic rings. The number of pyridine rings is 1. The quantitative estimate of drug-likeness (QED) is 0.225. The molecule has 1 aliphatic heterocycles. The maximum Gasteiger partial charge on any atom is 0.410 e. The SMILES string of the molecule is CO[C@@H](C)c1ncccc1-c1c(CC(C)(C)COC(C)=O)c2cc(C3=CCN(C(=O)OC(C)(C)C)C3)ccc2n1CC(F)(F)F. The Balaban J connectivity index is 1.93. The van der Waals surface area contributed by atoms with Gasteiger partial charge in [-0.05, 0) is 75.1 Å². The molecule has 1 aromatic carbocycles. The number of halogens is 3. The highest BCUT2D eigenvalue weighted by molar-refractivity contribution is 5.95. The van der Waals surface area contributed by atoms with Crippen LogP contribution >= 0.6 is 0 Å². The predicted molar refractivity (Wildman–Crippen MR) is 167 cm³/mol. The molecule has 0 unspecified atom stereocenters. The first kappa shape index (κ1) is 34.0. The number of alkyl halides is 3. The van der Waals surface area contributed by atoms with Crippen LogP contribution in [0.1, 0.15) is 71.4 Å². The number of methoxy groups -OCH3 is 1. The largest absolute Gasteiger partial charge is 0.465 e. The number of aromatic nitrogens is 2. The van der Waals surface area contributed by atoms with Crippen molar-refractivity contribution in [3.8, 4) is 11.3 Å². The number of hydrogen-bond acceptors (Lipinski definition) is 6. The maximum absolute atomic E-state index is 14.2. The molecule has 0 bridgehead atoms. The van der Waals surface area contributed by atoms with Crippen LogP contribution in [0.25, 0.3) is 27.7 Å². The van der Waals surface area contributed by atoms with E-state index in [9.17, 15) is 22.8 Å². The molecule has 0 fully saturated rings. The van der Waals surface area contributed by atoms with Gasteiger partial charge in [0, 0.05) is 55.2 Å². The van der Waals surface area contributed by atoms with Crippen molar-refractivity contribution in [1.29, 1.82) is 0 Å². The minimum Gasteiger partial charge on any atom is -0.465 e. The van der Waals surface area contributed by atoms with E-state index in [0.717, 1.165) is 11.1 Å². The number of carbonyl (C=O) groups excluding carboxylic acids is 2. The summed E-state index contributed by atoms with van der Waals surface area (Å²) >= 11 is 0. The summed E-state index contributed by atoms with van der Waals surface area (Å²) in [6.07, 6.45) is -1.60. The van der Waals surface area contributed by atoms with E-state index in [4.69, 9.17) is 14.2 Å². The third-order valence-corrected chi connectivity index (χ3v) is 7.60. The summed E-state index contributed by atoms with van der Waals surface area (Å²) in [7, 11) is 1.53. The standard InChI is InChI=1S/C34H42F3N3O5/c1-21(43-8)29-25(10-9-14-38-29)30-27(17-33(6,7)20-44-22(2)41)26-16-23(11-12-28(26)40(30)19-34(35,36)37)24-13-15-39(18-24)31(42)45-32(3,4)5/h9-14,16,21H,15,17-20H2,1-8H3/t21-/m0/s1. The van der Waals surface area contributed by atoms with Crippen LogP contribution in [-0.2, 0) is 32.0 Å². The van der Waals surface area contributed by atoms with Gasteiger partial charge in [0.15, 0.2) is 0 Å². The molecule has 45 heavy (non-hydrogen) atoms. The Morgan fingerprint density at radius 1 is 1.09 bits per heavy atom. The first-order valence-corrected chi connectivity index (χ1v) is 14.9. The van der Waals surface area contributed by atoms with Crippen molar-refractivity contribution >= 4 is 28.5 Å². The van der Waals surface area contributed by atoms with E-state index in [1.54, 1.807) is 63.1 Å². The highest BCUT2D eigenvalue weighted by Gasteiger charge is 2.35. The number of rotatable bonds is 9. The molecular formula is C34H42F3N3O5. The number of hydrogen-bond donors (Lipinski definition) is 0. The molecule has 0 aliphatic carbocycles. The van der Waals surface area contributed by atoms with E-state index in [2.05, 4.69) is 4.98 Å². The second kappa shape index (κ2) is 12.9. The molecule has 0 N–H and O–H groups in total. The van der Waals surface area contributed by atoms with Gasteiger partial charge in [-0.25, -0.2) is 4.79 Å². The zero-order valence-electron chi connectivity index (χ0n) is 27.2. The first-order valence-electron chi connectivity index (χ1n) is 14.9. The van der Waals surface area contributed by atoms with Crippen molar-refractivity contribution < 1.29 is 37.0 Å². The summed E-state index contributed by atoms with van der Waals surface area (Å²) in [5.74, 6) is -0.434. The summed E-state index contributed by atoms with van der Waals surface area (Å²) in [5.41, 5.74) is 2.91. The van der Waals surface area contributed by atoms with Gasteiger partial charge in [-0.1, -0.05) is 26.0 Å². The van der Waals surface area contributed by atoms with Crippen LogP contribution in [0.4, 0.5) is 18.0 Å². The van der Waals surface area contributed by atoms with Crippen molar-refractivity contribution in [3.63, 3.8) is 0 Å². The van der Waals surface area contributed by atoms with E-state index in [1.807, 2.05) is 26.0 Å². The lowest BCUT2D eigenvalue weighted by Gasteiger charge is -2.25. The van der Waals surface area contributed by atoms with Crippen LogP contribution in [0.2, 0.25) is 0 Å². The Morgan fingerprint density at radius 2 is 1.80 bits per heavy atom. The molecule has 1 atom stereocenters. The molecule has 1 aliphatic rings. The molecule has 11 heteroatoms. The molecule has 0 radical (unpaired) electrons. The molecule has 244 valence electrons. The summed E-state index contributed by atoms with van der Waals surface area (Å²) in [6, 6.07) is 8.85. The zero-order chi connectivity index (χ0) is 33.3. The van der Waals surface area contributed by atoms with Crippen molar-refractivity contribution in [2.45, 2.75) is 79.3 Å². The second-order valence-corrected chi connectivity index (χ2v) is 13.3. The van der Waals surface area contributed by atoms with Crippen LogP contribution in [0, 0.1) is 5.41 Å². The van der Waals surface area contributed by atoms with Gasteiger partial charge in [0.05, 0.1) is 24.1 Å². The van der Waals surface area contributed by atoms with Crippen LogP contribution in [0.3, 0.4) is 0 Å². The van der Waals surface area contributed by atoms with Gasteiger partial charge in [-0.2, -0.15) is 13.2 Å². The zero-order valence-corrected chi connectivity index (χ0v) is 27.2. The summed E-state index contributed by atoms with van der Waals surface area (Å²) in [4.78, 5) is 30.5. The van der Waals surface area contributed by atoms with E-state index < -0.39 is 41.9 Å². The van der Waals surface area contributed by atoms with E-state index in [0.29, 0.717) is 52.9 Å². The molecule has 3 heterocycles. The van der Waals surface area contributed by atoms with Gasteiger partial charge < -0.3 is 23.7 Å². The van der Waals surface area contributed by atoms with E-state index in [1.165, 1.54) is 18.6 Å². The Labute approximate surface area is 262 Å². The first-order chi connectivity index (χ1) is 20.9. The highest BCUT2D eigenvalue weighted by atomic mass is 19.4. The molecular weight excluding hydrogens is 587 g/mol. The topological polar surface area (TPSA) is 82.9 Å². The highest BCUT2D eigenvalue weighted by Crippen LogP contribution is 2.42.